The second kappa shape index (κ2) is 4.58. The van der Waals surface area contributed by atoms with E-state index in [1.165, 1.54) is 6.07 Å². The lowest BCUT2D eigenvalue weighted by Gasteiger charge is -2.07. The van der Waals surface area contributed by atoms with Gasteiger partial charge >= 0.3 is 0 Å². The Morgan fingerprint density at radius 1 is 1.26 bits per heavy atom. The van der Waals surface area contributed by atoms with Crippen LogP contribution in [-0.2, 0) is 0 Å². The van der Waals surface area contributed by atoms with E-state index in [-0.39, 0.29) is 5.82 Å². The van der Waals surface area contributed by atoms with Crippen LogP contribution in [0.5, 0.6) is 0 Å². The molecular formula is C14H10BrFN2S. The van der Waals surface area contributed by atoms with Gasteiger partial charge in [0, 0.05) is 4.47 Å². The molecule has 3 aromatic rings. The highest BCUT2D eigenvalue weighted by atomic mass is 79.9. The number of hydrogen-bond acceptors (Lipinski definition) is 1. The summed E-state index contributed by atoms with van der Waals surface area (Å²) >= 11 is 8.86. The van der Waals surface area contributed by atoms with Gasteiger partial charge in [0.05, 0.1) is 16.7 Å². The summed E-state index contributed by atoms with van der Waals surface area (Å²) in [6.45, 7) is 1.75. The molecule has 0 spiro atoms. The summed E-state index contributed by atoms with van der Waals surface area (Å²) in [6, 6.07) is 11.1. The Bertz CT molecular complexity index is 835. The van der Waals surface area contributed by atoms with E-state index in [0.717, 1.165) is 15.7 Å². The second-order valence-electron chi connectivity index (χ2n) is 4.34. The maximum absolute atomic E-state index is 13.6. The zero-order valence-corrected chi connectivity index (χ0v) is 12.5. The minimum absolute atomic E-state index is 0.233. The van der Waals surface area contributed by atoms with Crippen LogP contribution in [0.3, 0.4) is 0 Å². The first-order valence-electron chi connectivity index (χ1n) is 5.73. The molecule has 0 unspecified atom stereocenters. The molecule has 96 valence electrons. The molecule has 0 atom stereocenters. The molecule has 0 amide bonds. The van der Waals surface area contributed by atoms with Gasteiger partial charge in [0.1, 0.15) is 5.82 Å². The third kappa shape index (κ3) is 2.03. The number of aromatic nitrogens is 2. The number of aryl methyl sites for hydroxylation is 1. The molecule has 0 fully saturated rings. The first-order valence-corrected chi connectivity index (χ1v) is 6.94. The summed E-state index contributed by atoms with van der Waals surface area (Å²) in [5, 5.41) is 0. The molecule has 0 radical (unpaired) electrons. The molecule has 0 saturated heterocycles. The van der Waals surface area contributed by atoms with Crippen molar-refractivity contribution in [3.63, 3.8) is 0 Å². The lowest BCUT2D eigenvalue weighted by molar-refractivity contribution is 0.620. The van der Waals surface area contributed by atoms with Crippen molar-refractivity contribution >= 4 is 39.2 Å². The smallest absolute Gasteiger partial charge is 0.182 e. The van der Waals surface area contributed by atoms with E-state index in [4.69, 9.17) is 12.2 Å². The molecule has 2 nitrogen and oxygen atoms in total. The van der Waals surface area contributed by atoms with Crippen LogP contribution in [0.1, 0.15) is 5.56 Å². The number of benzene rings is 2. The number of rotatable bonds is 1. The summed E-state index contributed by atoms with van der Waals surface area (Å²) in [6.07, 6.45) is 0. The van der Waals surface area contributed by atoms with E-state index >= 15 is 0 Å². The number of halogens is 2. The van der Waals surface area contributed by atoms with Crippen molar-refractivity contribution in [3.8, 4) is 5.69 Å². The molecular weight excluding hydrogens is 327 g/mol. The first kappa shape index (κ1) is 12.6. The standard InChI is InChI=1S/C14H10BrFN2S/c1-8-6-13-11(7-10(8)16)17-14(19)18(13)12-5-3-2-4-9(12)15/h2-7H,1H3,(H,17,19). The van der Waals surface area contributed by atoms with E-state index in [2.05, 4.69) is 20.9 Å². The van der Waals surface area contributed by atoms with Gasteiger partial charge in [0.2, 0.25) is 0 Å². The summed E-state index contributed by atoms with van der Waals surface area (Å²) in [5.74, 6) is -0.233. The highest BCUT2D eigenvalue weighted by Crippen LogP contribution is 2.27. The van der Waals surface area contributed by atoms with Crippen LogP contribution in [0, 0.1) is 17.5 Å². The van der Waals surface area contributed by atoms with Crippen LogP contribution in [-0.4, -0.2) is 9.55 Å². The summed E-state index contributed by atoms with van der Waals surface area (Å²) in [5.41, 5.74) is 3.10. The number of nitrogens with zero attached hydrogens (tertiary/aromatic N) is 1. The Kier molecular flexibility index (Phi) is 3.03. The Morgan fingerprint density at radius 2 is 2.00 bits per heavy atom. The number of para-hydroxylation sites is 1. The van der Waals surface area contributed by atoms with Gasteiger partial charge in [-0.15, -0.1) is 0 Å². The highest BCUT2D eigenvalue weighted by Gasteiger charge is 2.11. The fraction of sp³-hybridized carbons (Fsp3) is 0.0714. The molecule has 5 heteroatoms. The van der Waals surface area contributed by atoms with E-state index < -0.39 is 0 Å². The normalized spacial score (nSPS) is 11.1. The van der Waals surface area contributed by atoms with Gasteiger partial charge < -0.3 is 4.98 Å². The van der Waals surface area contributed by atoms with Gasteiger partial charge in [-0.05, 0) is 64.9 Å². The Balaban J connectivity index is 2.42. The van der Waals surface area contributed by atoms with Crippen LogP contribution in [0.15, 0.2) is 40.9 Å². The third-order valence-corrected chi connectivity index (χ3v) is 4.01. The summed E-state index contributed by atoms with van der Waals surface area (Å²) in [4.78, 5) is 3.04. The van der Waals surface area contributed by atoms with Gasteiger partial charge in [0.15, 0.2) is 4.77 Å². The first-order chi connectivity index (χ1) is 9.08. The van der Waals surface area contributed by atoms with Gasteiger partial charge in [-0.1, -0.05) is 12.1 Å². The summed E-state index contributed by atoms with van der Waals surface area (Å²) in [7, 11) is 0. The van der Waals surface area contributed by atoms with Crippen molar-refractivity contribution in [1.29, 1.82) is 0 Å². The largest absolute Gasteiger partial charge is 0.330 e. The fourth-order valence-corrected chi connectivity index (χ4v) is 2.87. The van der Waals surface area contributed by atoms with E-state index in [0.29, 0.717) is 15.9 Å². The minimum atomic E-state index is -0.233. The molecule has 19 heavy (non-hydrogen) atoms. The zero-order valence-electron chi connectivity index (χ0n) is 10.1. The molecule has 2 aromatic carbocycles. The summed E-state index contributed by atoms with van der Waals surface area (Å²) < 4.78 is 17.0. The highest BCUT2D eigenvalue weighted by molar-refractivity contribution is 9.10. The quantitative estimate of drug-likeness (QED) is 0.627. The van der Waals surface area contributed by atoms with E-state index in [9.17, 15) is 4.39 Å². The van der Waals surface area contributed by atoms with E-state index in [1.807, 2.05) is 28.8 Å². The van der Waals surface area contributed by atoms with Crippen LogP contribution >= 0.6 is 28.1 Å². The zero-order chi connectivity index (χ0) is 13.6. The molecule has 0 bridgehead atoms. The van der Waals surface area contributed by atoms with Crippen LogP contribution < -0.4 is 0 Å². The molecule has 0 aliphatic heterocycles. The molecule has 1 aromatic heterocycles. The number of fused-ring (bicyclic) bond motifs is 1. The molecule has 1 heterocycles. The lowest BCUT2D eigenvalue weighted by Crippen LogP contribution is -1.95. The van der Waals surface area contributed by atoms with Crippen molar-refractivity contribution < 1.29 is 4.39 Å². The Labute approximate surface area is 123 Å². The van der Waals surface area contributed by atoms with Gasteiger partial charge in [0.25, 0.3) is 0 Å². The third-order valence-electron chi connectivity index (χ3n) is 3.06. The topological polar surface area (TPSA) is 20.7 Å². The Hall–Kier alpha value is -1.46. The predicted octanol–water partition coefficient (Wildman–Crippen LogP) is 4.90. The number of hydrogen-bond donors (Lipinski definition) is 1. The second-order valence-corrected chi connectivity index (χ2v) is 5.58. The average Bonchev–Trinajstić information content (AvgIpc) is 2.66. The molecule has 1 N–H and O–H groups in total. The van der Waals surface area contributed by atoms with Crippen molar-refractivity contribution in [2.75, 3.05) is 0 Å². The van der Waals surface area contributed by atoms with Crippen LogP contribution in [0.4, 0.5) is 4.39 Å². The molecule has 0 aliphatic rings. The van der Waals surface area contributed by atoms with Crippen molar-refractivity contribution in [1.82, 2.24) is 9.55 Å². The molecule has 0 saturated carbocycles. The number of nitrogens with one attached hydrogen (secondary N) is 1. The number of imidazole rings is 1. The number of H-pyrrole nitrogens is 1. The van der Waals surface area contributed by atoms with Crippen molar-refractivity contribution in [3.05, 3.63) is 57.0 Å². The molecule has 0 aliphatic carbocycles. The van der Waals surface area contributed by atoms with Crippen molar-refractivity contribution in [2.45, 2.75) is 6.92 Å². The SMILES string of the molecule is Cc1cc2c(cc1F)[nH]c(=S)n2-c1ccccc1Br. The van der Waals surface area contributed by atoms with Crippen LogP contribution in [0.2, 0.25) is 0 Å². The van der Waals surface area contributed by atoms with Gasteiger partial charge in [-0.3, -0.25) is 4.57 Å². The number of aromatic amines is 1. The minimum Gasteiger partial charge on any atom is -0.330 e. The maximum atomic E-state index is 13.6. The van der Waals surface area contributed by atoms with Gasteiger partial charge in [-0.25, -0.2) is 4.39 Å². The average molecular weight is 337 g/mol. The maximum Gasteiger partial charge on any atom is 0.182 e. The molecule has 3 rings (SSSR count). The fourth-order valence-electron chi connectivity index (χ4n) is 2.10. The monoisotopic (exact) mass is 336 g/mol. The van der Waals surface area contributed by atoms with E-state index in [1.54, 1.807) is 13.0 Å². The Morgan fingerprint density at radius 3 is 2.74 bits per heavy atom. The van der Waals surface area contributed by atoms with Gasteiger partial charge in [-0.2, -0.15) is 0 Å². The predicted molar refractivity (Wildman–Crippen MR) is 80.9 cm³/mol. The lowest BCUT2D eigenvalue weighted by atomic mass is 10.2. The van der Waals surface area contributed by atoms with Crippen molar-refractivity contribution in [2.24, 2.45) is 0 Å². The van der Waals surface area contributed by atoms with Crippen LogP contribution in [0.25, 0.3) is 16.7 Å².